The SMILES string of the molecule is CCC(=O)OCCNc1cc(Br)c2noc3c2c1C(=O)c1ccccc1-3. The van der Waals surface area contributed by atoms with Crippen LogP contribution in [0.25, 0.3) is 22.2 Å². The molecule has 0 spiro atoms. The molecule has 1 N–H and O–H groups in total. The summed E-state index contributed by atoms with van der Waals surface area (Å²) < 4.78 is 11.4. The van der Waals surface area contributed by atoms with Gasteiger partial charge in [0.2, 0.25) is 0 Å². The Hall–Kier alpha value is -2.67. The molecule has 0 bridgehead atoms. The van der Waals surface area contributed by atoms with E-state index in [9.17, 15) is 9.59 Å². The lowest BCUT2D eigenvalue weighted by atomic mass is 9.87. The van der Waals surface area contributed by atoms with Crippen molar-refractivity contribution in [2.75, 3.05) is 18.5 Å². The number of fused-ring (bicyclic) bond motifs is 2. The Morgan fingerprint density at radius 2 is 2.08 bits per heavy atom. The zero-order valence-corrected chi connectivity index (χ0v) is 15.6. The van der Waals surface area contributed by atoms with Gasteiger partial charge in [-0.1, -0.05) is 36.3 Å². The summed E-state index contributed by atoms with van der Waals surface area (Å²) in [6.07, 6.45) is 0.335. The molecule has 2 aromatic carbocycles. The number of hydrogen-bond donors (Lipinski definition) is 1. The monoisotopic (exact) mass is 414 g/mol. The van der Waals surface area contributed by atoms with Crippen LogP contribution in [0.2, 0.25) is 0 Å². The van der Waals surface area contributed by atoms with Crippen molar-refractivity contribution in [3.8, 4) is 11.3 Å². The molecule has 0 radical (unpaired) electrons. The largest absolute Gasteiger partial charge is 0.464 e. The molecule has 7 heteroatoms. The second-order valence-corrected chi connectivity index (χ2v) is 6.75. The highest BCUT2D eigenvalue weighted by atomic mass is 79.9. The van der Waals surface area contributed by atoms with Gasteiger partial charge in [0, 0.05) is 34.3 Å². The summed E-state index contributed by atoms with van der Waals surface area (Å²) in [5.74, 6) is 0.255. The molecule has 0 aliphatic heterocycles. The third-order valence-electron chi connectivity index (χ3n) is 4.32. The molecule has 0 atom stereocenters. The number of ketones is 1. The Morgan fingerprint density at radius 3 is 2.85 bits per heavy atom. The van der Waals surface area contributed by atoms with Crippen LogP contribution in [0.5, 0.6) is 0 Å². The van der Waals surface area contributed by atoms with Gasteiger partial charge in [0.25, 0.3) is 0 Å². The summed E-state index contributed by atoms with van der Waals surface area (Å²) in [5.41, 5.74) is 3.12. The smallest absolute Gasteiger partial charge is 0.305 e. The summed E-state index contributed by atoms with van der Waals surface area (Å²) in [6, 6.07) is 9.13. The molecule has 1 aliphatic carbocycles. The number of aromatic nitrogens is 1. The summed E-state index contributed by atoms with van der Waals surface area (Å²) in [4.78, 5) is 24.4. The third-order valence-corrected chi connectivity index (χ3v) is 4.93. The van der Waals surface area contributed by atoms with Gasteiger partial charge in [-0.05, 0) is 22.0 Å². The normalized spacial score (nSPS) is 12.2. The van der Waals surface area contributed by atoms with Crippen LogP contribution in [0.15, 0.2) is 39.3 Å². The molecule has 0 saturated heterocycles. The molecular weight excluding hydrogens is 400 g/mol. The van der Waals surface area contributed by atoms with Gasteiger partial charge in [-0.25, -0.2) is 0 Å². The highest BCUT2D eigenvalue weighted by Gasteiger charge is 2.32. The highest BCUT2D eigenvalue weighted by Crippen LogP contribution is 2.44. The molecule has 0 amide bonds. The number of nitrogens with one attached hydrogen (secondary N) is 1. The van der Waals surface area contributed by atoms with E-state index in [1.165, 1.54) is 0 Å². The zero-order valence-electron chi connectivity index (χ0n) is 14.0. The molecule has 1 aliphatic rings. The molecule has 4 rings (SSSR count). The van der Waals surface area contributed by atoms with Gasteiger partial charge in [0.05, 0.1) is 10.9 Å². The summed E-state index contributed by atoms with van der Waals surface area (Å²) in [6.45, 7) is 2.36. The Balaban J connectivity index is 1.76. The number of esters is 1. The van der Waals surface area contributed by atoms with Crippen molar-refractivity contribution in [2.24, 2.45) is 0 Å². The first kappa shape index (κ1) is 16.8. The Labute approximate surface area is 157 Å². The average molecular weight is 415 g/mol. The second-order valence-electron chi connectivity index (χ2n) is 5.89. The molecular formula is C19H15BrN2O4. The first-order valence-corrected chi connectivity index (χ1v) is 9.06. The number of anilines is 1. The van der Waals surface area contributed by atoms with E-state index < -0.39 is 0 Å². The van der Waals surface area contributed by atoms with E-state index in [0.717, 1.165) is 10.0 Å². The van der Waals surface area contributed by atoms with Crippen molar-refractivity contribution in [2.45, 2.75) is 13.3 Å². The van der Waals surface area contributed by atoms with Crippen LogP contribution in [0, 0.1) is 0 Å². The summed E-state index contributed by atoms with van der Waals surface area (Å²) in [5, 5.41) is 8.01. The lowest BCUT2D eigenvalue weighted by Crippen LogP contribution is -2.17. The zero-order chi connectivity index (χ0) is 18.3. The second kappa shape index (κ2) is 6.57. The van der Waals surface area contributed by atoms with Crippen molar-refractivity contribution in [3.63, 3.8) is 0 Å². The number of halogens is 1. The minimum atomic E-state index is -0.254. The van der Waals surface area contributed by atoms with Gasteiger partial charge in [0.1, 0.15) is 12.1 Å². The summed E-state index contributed by atoms with van der Waals surface area (Å²) in [7, 11) is 0. The van der Waals surface area contributed by atoms with Crippen molar-refractivity contribution >= 4 is 44.3 Å². The van der Waals surface area contributed by atoms with Crippen LogP contribution < -0.4 is 5.32 Å². The molecule has 6 nitrogen and oxygen atoms in total. The van der Waals surface area contributed by atoms with Crippen LogP contribution in [-0.4, -0.2) is 30.1 Å². The quantitative estimate of drug-likeness (QED) is 0.389. The topological polar surface area (TPSA) is 81.4 Å². The minimum absolute atomic E-state index is 0.0816. The van der Waals surface area contributed by atoms with Crippen molar-refractivity contribution in [1.29, 1.82) is 0 Å². The van der Waals surface area contributed by atoms with Gasteiger partial charge < -0.3 is 14.6 Å². The van der Waals surface area contributed by atoms with Gasteiger partial charge in [0.15, 0.2) is 11.5 Å². The van der Waals surface area contributed by atoms with Crippen LogP contribution in [0.1, 0.15) is 29.3 Å². The molecule has 0 fully saturated rings. The van der Waals surface area contributed by atoms with Gasteiger partial charge in [-0.15, -0.1) is 0 Å². The van der Waals surface area contributed by atoms with E-state index in [-0.39, 0.29) is 18.4 Å². The molecule has 132 valence electrons. The predicted octanol–water partition coefficient (Wildman–Crippen LogP) is 4.17. The Bertz CT molecular complexity index is 1040. The molecule has 1 aromatic heterocycles. The fourth-order valence-corrected chi connectivity index (χ4v) is 3.61. The lowest BCUT2D eigenvalue weighted by molar-refractivity contribution is -0.142. The van der Waals surface area contributed by atoms with Crippen LogP contribution >= 0.6 is 15.9 Å². The molecule has 26 heavy (non-hydrogen) atoms. The van der Waals surface area contributed by atoms with Crippen LogP contribution in [0.4, 0.5) is 5.69 Å². The van der Waals surface area contributed by atoms with E-state index in [1.54, 1.807) is 19.1 Å². The van der Waals surface area contributed by atoms with Crippen LogP contribution in [0.3, 0.4) is 0 Å². The Morgan fingerprint density at radius 1 is 1.31 bits per heavy atom. The maximum Gasteiger partial charge on any atom is 0.305 e. The molecule has 0 saturated carbocycles. The van der Waals surface area contributed by atoms with Crippen molar-refractivity contribution < 1.29 is 18.8 Å². The van der Waals surface area contributed by atoms with E-state index in [1.807, 2.05) is 18.2 Å². The number of benzene rings is 2. The predicted molar refractivity (Wildman–Crippen MR) is 100 cm³/mol. The number of hydrogen-bond acceptors (Lipinski definition) is 6. The van der Waals surface area contributed by atoms with Gasteiger partial charge in [-0.2, -0.15) is 0 Å². The number of ether oxygens (including phenoxy) is 1. The van der Waals surface area contributed by atoms with Crippen molar-refractivity contribution in [1.82, 2.24) is 5.16 Å². The number of carbonyl (C=O) groups is 2. The number of nitrogens with zero attached hydrogens (tertiary/aromatic N) is 1. The third kappa shape index (κ3) is 2.59. The average Bonchev–Trinajstić information content (AvgIpc) is 3.10. The fourth-order valence-electron chi connectivity index (χ4n) is 3.11. The first-order chi connectivity index (χ1) is 12.6. The minimum Gasteiger partial charge on any atom is -0.464 e. The van der Waals surface area contributed by atoms with Crippen LogP contribution in [-0.2, 0) is 9.53 Å². The maximum absolute atomic E-state index is 13.1. The molecule has 1 heterocycles. The first-order valence-electron chi connectivity index (χ1n) is 8.27. The van der Waals surface area contributed by atoms with E-state index in [0.29, 0.717) is 46.4 Å². The summed E-state index contributed by atoms with van der Waals surface area (Å²) >= 11 is 3.49. The van der Waals surface area contributed by atoms with E-state index in [4.69, 9.17) is 9.26 Å². The maximum atomic E-state index is 13.1. The number of rotatable bonds is 5. The highest BCUT2D eigenvalue weighted by molar-refractivity contribution is 9.10. The lowest BCUT2D eigenvalue weighted by Gasteiger charge is -2.18. The van der Waals surface area contributed by atoms with Gasteiger partial charge in [-0.3, -0.25) is 9.59 Å². The Kier molecular flexibility index (Phi) is 4.24. The van der Waals surface area contributed by atoms with Gasteiger partial charge >= 0.3 is 5.97 Å². The number of carbonyl (C=O) groups excluding carboxylic acids is 2. The van der Waals surface area contributed by atoms with Crippen molar-refractivity contribution in [3.05, 3.63) is 45.9 Å². The van der Waals surface area contributed by atoms with E-state index in [2.05, 4.69) is 26.4 Å². The van der Waals surface area contributed by atoms with E-state index >= 15 is 0 Å². The standard InChI is InChI=1S/C19H15BrN2O4/c1-2-14(23)25-8-7-21-13-9-12(20)17-16-15(13)18(24)10-5-3-4-6-11(10)19(16)26-22-17/h3-6,9,21H,2,7-8H2,1H3. The molecule has 0 unspecified atom stereocenters. The fraction of sp³-hybridized carbons (Fsp3) is 0.211. The molecule has 3 aromatic rings.